The van der Waals surface area contributed by atoms with Crippen molar-refractivity contribution in [2.45, 2.75) is 71.6 Å². The van der Waals surface area contributed by atoms with Crippen molar-refractivity contribution in [2.75, 3.05) is 26.2 Å². The number of benzene rings is 3. The molecule has 256 valence electrons. The fourth-order valence-corrected chi connectivity index (χ4v) is 5.42. The summed E-state index contributed by atoms with van der Waals surface area (Å²) in [6.45, 7) is 9.44. The summed E-state index contributed by atoms with van der Waals surface area (Å²) in [5, 5.41) is 3.50. The predicted octanol–water partition coefficient (Wildman–Crippen LogP) is 7.05. The van der Waals surface area contributed by atoms with E-state index in [1.165, 1.54) is 4.90 Å². The van der Waals surface area contributed by atoms with Gasteiger partial charge in [-0.05, 0) is 75.3 Å². The van der Waals surface area contributed by atoms with Crippen molar-refractivity contribution in [2.24, 2.45) is 0 Å². The Kier molecular flexibility index (Phi) is 12.4. The number of ether oxygens (including phenoxy) is 3. The van der Waals surface area contributed by atoms with Crippen LogP contribution in [0.25, 0.3) is 11.1 Å². The Balaban J connectivity index is 1.43. The van der Waals surface area contributed by atoms with Crippen molar-refractivity contribution in [3.8, 4) is 11.1 Å². The van der Waals surface area contributed by atoms with E-state index in [0.29, 0.717) is 13.1 Å². The average Bonchev–Trinajstić information content (AvgIpc) is 3.39. The Morgan fingerprint density at radius 3 is 1.96 bits per heavy atom. The van der Waals surface area contributed by atoms with Gasteiger partial charge in [-0.2, -0.15) is 0 Å². The molecule has 0 spiro atoms. The van der Waals surface area contributed by atoms with Crippen molar-refractivity contribution in [1.82, 2.24) is 15.3 Å². The van der Waals surface area contributed by atoms with Crippen molar-refractivity contribution in [3.05, 3.63) is 95.6 Å². The first kappa shape index (κ1) is 35.8. The van der Waals surface area contributed by atoms with E-state index in [9.17, 15) is 19.2 Å². The van der Waals surface area contributed by atoms with Crippen LogP contribution in [0.3, 0.4) is 0 Å². The summed E-state index contributed by atoms with van der Waals surface area (Å²) < 4.78 is 16.7. The highest BCUT2D eigenvalue weighted by Gasteiger charge is 2.31. The Morgan fingerprint density at radius 2 is 1.38 bits per heavy atom. The number of rotatable bonds is 12. The number of carbonyl (C=O) groups is 4. The highest BCUT2D eigenvalue weighted by atomic mass is 16.8. The SMILES string of the molecule is CCN(CC)C(=O)ON(CCC[C@H](NC(=O)OCC1c2ccccc2-c2ccccc21)C(=O)OCc1ccccc1)C(=O)OC(C)(C)C. The van der Waals surface area contributed by atoms with Gasteiger partial charge in [0, 0.05) is 19.0 Å². The molecule has 0 unspecified atom stereocenters. The summed E-state index contributed by atoms with van der Waals surface area (Å²) in [4.78, 5) is 58.9. The molecular weight excluding hydrogens is 614 g/mol. The number of hydrogen-bond donors (Lipinski definition) is 1. The van der Waals surface area contributed by atoms with Crippen LogP contribution in [0, 0.1) is 0 Å². The van der Waals surface area contributed by atoms with Gasteiger partial charge >= 0.3 is 24.2 Å². The second-order valence-corrected chi connectivity index (χ2v) is 12.4. The number of carbonyl (C=O) groups excluding carboxylic acids is 4. The normalized spacial score (nSPS) is 12.6. The van der Waals surface area contributed by atoms with E-state index < -0.39 is 35.9 Å². The van der Waals surface area contributed by atoms with Crippen LogP contribution in [0.15, 0.2) is 78.9 Å². The number of esters is 1. The van der Waals surface area contributed by atoms with Gasteiger partial charge < -0.3 is 29.3 Å². The molecule has 11 nitrogen and oxygen atoms in total. The minimum absolute atomic E-state index is 0.00800. The second kappa shape index (κ2) is 16.7. The molecule has 1 aliphatic carbocycles. The number of alkyl carbamates (subject to hydrolysis) is 1. The molecule has 0 fully saturated rings. The standard InChI is InChI=1S/C37H45N3O8/c1-6-39(7-2)35(43)48-40(36(44)47-37(3,4)5)23-15-22-32(33(41)45-24-26-16-9-8-10-17-26)38-34(42)46-25-31-29-20-13-11-18-27(29)28-19-12-14-21-30(28)31/h8-14,16-21,31-32H,6-7,15,22-25H2,1-5H3,(H,38,42)/t32-/m0/s1. The van der Waals surface area contributed by atoms with Crippen LogP contribution in [0.2, 0.25) is 0 Å². The van der Waals surface area contributed by atoms with Gasteiger partial charge in [0.05, 0.1) is 6.54 Å². The van der Waals surface area contributed by atoms with E-state index in [4.69, 9.17) is 19.0 Å². The molecule has 1 aliphatic rings. The van der Waals surface area contributed by atoms with Gasteiger partial charge in [-0.1, -0.05) is 78.9 Å². The first-order chi connectivity index (χ1) is 23.0. The van der Waals surface area contributed by atoms with Gasteiger partial charge in [-0.25, -0.2) is 19.2 Å². The van der Waals surface area contributed by atoms with Gasteiger partial charge in [0.15, 0.2) is 0 Å². The van der Waals surface area contributed by atoms with E-state index in [-0.39, 0.29) is 38.5 Å². The molecule has 3 amide bonds. The number of fused-ring (bicyclic) bond motifs is 3. The van der Waals surface area contributed by atoms with Crippen molar-refractivity contribution in [1.29, 1.82) is 0 Å². The lowest BCUT2D eigenvalue weighted by Gasteiger charge is -2.28. The van der Waals surface area contributed by atoms with Gasteiger partial charge in [0.1, 0.15) is 24.9 Å². The van der Waals surface area contributed by atoms with E-state index >= 15 is 0 Å². The maximum absolute atomic E-state index is 13.3. The van der Waals surface area contributed by atoms with Crippen LogP contribution in [0.1, 0.15) is 70.1 Å². The molecule has 1 N–H and O–H groups in total. The van der Waals surface area contributed by atoms with Crippen LogP contribution in [-0.4, -0.2) is 72.1 Å². The van der Waals surface area contributed by atoms with Gasteiger partial charge in [0.2, 0.25) is 0 Å². The second-order valence-electron chi connectivity index (χ2n) is 12.4. The van der Waals surface area contributed by atoms with E-state index in [0.717, 1.165) is 32.9 Å². The molecule has 0 saturated carbocycles. The quantitative estimate of drug-likeness (QED) is 0.125. The first-order valence-corrected chi connectivity index (χ1v) is 16.3. The molecule has 1 atom stereocenters. The topological polar surface area (TPSA) is 124 Å². The van der Waals surface area contributed by atoms with Crippen LogP contribution in [0.5, 0.6) is 0 Å². The molecule has 3 aromatic carbocycles. The predicted molar refractivity (Wildman–Crippen MR) is 180 cm³/mol. The zero-order valence-corrected chi connectivity index (χ0v) is 28.3. The molecule has 0 aromatic heterocycles. The average molecular weight is 660 g/mol. The fourth-order valence-electron chi connectivity index (χ4n) is 5.42. The van der Waals surface area contributed by atoms with E-state index in [2.05, 4.69) is 5.32 Å². The Morgan fingerprint density at radius 1 is 0.792 bits per heavy atom. The minimum atomic E-state index is -1.11. The van der Waals surface area contributed by atoms with Gasteiger partial charge in [-0.3, -0.25) is 0 Å². The zero-order chi connectivity index (χ0) is 34.7. The summed E-state index contributed by atoms with van der Waals surface area (Å²) in [6.07, 6.45) is -2.13. The molecule has 0 heterocycles. The minimum Gasteiger partial charge on any atom is -0.459 e. The van der Waals surface area contributed by atoms with Crippen molar-refractivity contribution in [3.63, 3.8) is 0 Å². The summed E-state index contributed by atoms with van der Waals surface area (Å²) in [7, 11) is 0. The third-order valence-electron chi connectivity index (χ3n) is 7.81. The third-order valence-corrected chi connectivity index (χ3v) is 7.81. The Bertz CT molecular complexity index is 1510. The zero-order valence-electron chi connectivity index (χ0n) is 28.3. The summed E-state index contributed by atoms with van der Waals surface area (Å²) in [5.41, 5.74) is 4.26. The molecule has 0 saturated heterocycles. The number of hydrogen-bond acceptors (Lipinski definition) is 8. The molecule has 4 rings (SSSR count). The maximum Gasteiger partial charge on any atom is 0.443 e. The number of nitrogens with one attached hydrogen (secondary N) is 1. The number of nitrogens with zero attached hydrogens (tertiary/aromatic N) is 2. The van der Waals surface area contributed by atoms with Gasteiger partial charge in [0.25, 0.3) is 0 Å². The lowest BCUT2D eigenvalue weighted by molar-refractivity contribution is -0.147. The number of amides is 3. The van der Waals surface area contributed by atoms with Gasteiger partial charge in [-0.15, -0.1) is 5.06 Å². The van der Waals surface area contributed by atoms with Crippen molar-refractivity contribution >= 4 is 24.2 Å². The van der Waals surface area contributed by atoms with Crippen LogP contribution < -0.4 is 5.32 Å². The maximum atomic E-state index is 13.3. The number of hydroxylamine groups is 2. The highest BCUT2D eigenvalue weighted by Crippen LogP contribution is 2.44. The fraction of sp³-hybridized carbons (Fsp3) is 0.405. The smallest absolute Gasteiger partial charge is 0.443 e. The summed E-state index contributed by atoms with van der Waals surface area (Å²) >= 11 is 0. The molecule has 48 heavy (non-hydrogen) atoms. The molecule has 11 heteroatoms. The Labute approximate surface area is 282 Å². The lowest BCUT2D eigenvalue weighted by atomic mass is 9.98. The highest BCUT2D eigenvalue weighted by molar-refractivity contribution is 5.82. The lowest BCUT2D eigenvalue weighted by Crippen LogP contribution is -2.44. The molecule has 3 aromatic rings. The van der Waals surface area contributed by atoms with Crippen molar-refractivity contribution < 1.29 is 38.2 Å². The first-order valence-electron chi connectivity index (χ1n) is 16.3. The molecule has 0 aliphatic heterocycles. The third kappa shape index (κ3) is 9.73. The van der Waals surface area contributed by atoms with E-state index in [1.807, 2.05) is 78.9 Å². The Hall–Kier alpha value is -5.06. The molecular formula is C37H45N3O8. The van der Waals surface area contributed by atoms with Crippen LogP contribution in [0.4, 0.5) is 14.4 Å². The largest absolute Gasteiger partial charge is 0.459 e. The summed E-state index contributed by atoms with van der Waals surface area (Å²) in [5.74, 6) is -0.828. The molecule has 0 radical (unpaired) electrons. The molecule has 0 bridgehead atoms. The van der Waals surface area contributed by atoms with Crippen LogP contribution >= 0.6 is 0 Å². The monoisotopic (exact) mass is 659 g/mol. The van der Waals surface area contributed by atoms with Crippen LogP contribution in [-0.2, 0) is 30.4 Å². The summed E-state index contributed by atoms with van der Waals surface area (Å²) in [6, 6.07) is 24.1. The van der Waals surface area contributed by atoms with E-state index in [1.54, 1.807) is 34.6 Å².